The highest BCUT2D eigenvalue weighted by atomic mass is 16.5. The summed E-state index contributed by atoms with van der Waals surface area (Å²) in [6, 6.07) is 5.46. The summed E-state index contributed by atoms with van der Waals surface area (Å²) in [6.07, 6.45) is 10.6. The van der Waals surface area contributed by atoms with Gasteiger partial charge < -0.3 is 14.7 Å². The van der Waals surface area contributed by atoms with Crippen molar-refractivity contribution in [1.82, 2.24) is 14.5 Å². The molecule has 1 saturated heterocycles. The molecule has 2 aromatic rings. The Balaban J connectivity index is 2.09. The molecule has 35 heavy (non-hydrogen) atoms. The fourth-order valence-electron chi connectivity index (χ4n) is 4.55. The first kappa shape index (κ1) is 26.0. The number of ether oxygens (including phenoxy) is 1. The van der Waals surface area contributed by atoms with Crippen molar-refractivity contribution in [2.75, 3.05) is 20.2 Å². The fourth-order valence-corrected chi connectivity index (χ4v) is 4.55. The Kier molecular flexibility index (Phi) is 8.68. The molecule has 7 heteroatoms. The fraction of sp³-hybridized carbons (Fsp3) is 0.393. The van der Waals surface area contributed by atoms with E-state index in [1.54, 1.807) is 17.0 Å². The van der Waals surface area contributed by atoms with Gasteiger partial charge in [0, 0.05) is 25.4 Å². The lowest BCUT2D eigenvalue weighted by Crippen LogP contribution is -2.37. The molecule has 1 fully saturated rings. The molecule has 1 aliphatic heterocycles. The number of hydrogen-bond donors (Lipinski definition) is 1. The molecule has 0 aliphatic carbocycles. The topological polar surface area (TPSA) is 84.7 Å². The van der Waals surface area contributed by atoms with E-state index in [9.17, 15) is 14.7 Å². The molecule has 2 heterocycles. The minimum atomic E-state index is -0.602. The second kappa shape index (κ2) is 11.7. The summed E-state index contributed by atoms with van der Waals surface area (Å²) < 4.78 is 6.93. The molecule has 0 spiro atoms. The maximum atomic E-state index is 13.8. The number of carbonyl (C=O) groups is 1. The van der Waals surface area contributed by atoms with Gasteiger partial charge in [0.05, 0.1) is 12.8 Å². The SMILES string of the molecule is C=CCCc1nc(O)c(C(=O)N2CCC(C(/C=C\CC)=C/C)C2)c(=O)n1-c1c(C)cccc1OC. The standard InChI is InChI=1S/C28H35N3O4/c1-6-9-13-20(8-3)21-16-17-30(18-21)27(33)24-26(32)29-23(15-10-7-2)31(28(24)34)25-19(4)12-11-14-22(25)35-5/h7-9,11-14,21,32H,2,6,10,15-18H2,1,3-5H3/b13-9-,20-8+. The number of aryl methyl sites for hydroxylation is 2. The summed E-state index contributed by atoms with van der Waals surface area (Å²) >= 11 is 0. The summed E-state index contributed by atoms with van der Waals surface area (Å²) in [7, 11) is 1.53. The number of likely N-dealkylation sites (tertiary alicyclic amines) is 1. The maximum Gasteiger partial charge on any atom is 0.275 e. The molecule has 1 unspecified atom stereocenters. The predicted molar refractivity (Wildman–Crippen MR) is 139 cm³/mol. The van der Waals surface area contributed by atoms with Gasteiger partial charge in [-0.05, 0) is 50.3 Å². The number of allylic oxidation sites excluding steroid dienone is 4. The zero-order chi connectivity index (χ0) is 25.5. The number of rotatable bonds is 9. The van der Waals surface area contributed by atoms with Crippen molar-refractivity contribution in [3.63, 3.8) is 0 Å². The first-order valence-corrected chi connectivity index (χ1v) is 12.1. The normalized spacial score (nSPS) is 16.2. The molecule has 3 rings (SSSR count). The quantitative estimate of drug-likeness (QED) is 0.416. The molecule has 7 nitrogen and oxygen atoms in total. The Morgan fingerprint density at radius 3 is 2.80 bits per heavy atom. The number of amides is 1. The first-order chi connectivity index (χ1) is 16.9. The van der Waals surface area contributed by atoms with Gasteiger partial charge in [-0.15, -0.1) is 6.58 Å². The third-order valence-electron chi connectivity index (χ3n) is 6.39. The van der Waals surface area contributed by atoms with Crippen molar-refractivity contribution in [3.8, 4) is 17.3 Å². The smallest absolute Gasteiger partial charge is 0.275 e. The number of benzene rings is 1. The van der Waals surface area contributed by atoms with Crippen LogP contribution in [-0.4, -0.2) is 45.7 Å². The van der Waals surface area contributed by atoms with Crippen LogP contribution in [0.4, 0.5) is 0 Å². The number of para-hydroxylation sites is 1. The van der Waals surface area contributed by atoms with E-state index in [2.05, 4.69) is 36.7 Å². The second-order valence-corrected chi connectivity index (χ2v) is 8.66. The van der Waals surface area contributed by atoms with Gasteiger partial charge in [-0.1, -0.05) is 43.4 Å². The number of carbonyl (C=O) groups excluding carboxylic acids is 1. The minimum absolute atomic E-state index is 0.187. The van der Waals surface area contributed by atoms with E-state index in [1.807, 2.05) is 26.0 Å². The van der Waals surface area contributed by atoms with E-state index >= 15 is 0 Å². The lowest BCUT2D eigenvalue weighted by Gasteiger charge is -2.21. The van der Waals surface area contributed by atoms with Gasteiger partial charge in [0.15, 0.2) is 5.56 Å². The summed E-state index contributed by atoms with van der Waals surface area (Å²) in [5.41, 5.74) is 1.56. The van der Waals surface area contributed by atoms with Crippen molar-refractivity contribution >= 4 is 5.91 Å². The van der Waals surface area contributed by atoms with Crippen LogP contribution in [0.3, 0.4) is 0 Å². The van der Waals surface area contributed by atoms with Gasteiger partial charge in [0.1, 0.15) is 11.6 Å². The van der Waals surface area contributed by atoms with Crippen molar-refractivity contribution < 1.29 is 14.6 Å². The molecule has 1 atom stereocenters. The second-order valence-electron chi connectivity index (χ2n) is 8.66. The van der Waals surface area contributed by atoms with E-state index in [1.165, 1.54) is 17.3 Å². The van der Waals surface area contributed by atoms with E-state index < -0.39 is 17.3 Å². The Labute approximate surface area is 207 Å². The molecule has 186 valence electrons. The largest absolute Gasteiger partial charge is 0.495 e. The molecule has 1 N–H and O–H groups in total. The molecule has 1 aromatic carbocycles. The van der Waals surface area contributed by atoms with Crippen LogP contribution in [0.2, 0.25) is 0 Å². The summed E-state index contributed by atoms with van der Waals surface area (Å²) in [5.74, 6) is -0.0267. The average Bonchev–Trinajstić information content (AvgIpc) is 3.33. The number of aromatic hydroxyl groups is 1. The lowest BCUT2D eigenvalue weighted by molar-refractivity contribution is 0.0782. The van der Waals surface area contributed by atoms with Crippen LogP contribution in [0, 0.1) is 12.8 Å². The molecule has 0 saturated carbocycles. The van der Waals surface area contributed by atoms with Crippen LogP contribution in [0.5, 0.6) is 11.6 Å². The van der Waals surface area contributed by atoms with Gasteiger partial charge >= 0.3 is 0 Å². The summed E-state index contributed by atoms with van der Waals surface area (Å²) in [6.45, 7) is 10.7. The van der Waals surface area contributed by atoms with Gasteiger partial charge in [0.2, 0.25) is 5.88 Å². The van der Waals surface area contributed by atoms with Crippen molar-refractivity contribution in [2.24, 2.45) is 5.92 Å². The molecule has 0 radical (unpaired) electrons. The van der Waals surface area contributed by atoms with Crippen LogP contribution in [0.1, 0.15) is 54.9 Å². The van der Waals surface area contributed by atoms with E-state index in [0.717, 1.165) is 18.4 Å². The summed E-state index contributed by atoms with van der Waals surface area (Å²) in [4.78, 5) is 33.3. The molecular formula is C28H35N3O4. The highest BCUT2D eigenvalue weighted by Gasteiger charge is 2.33. The van der Waals surface area contributed by atoms with Crippen molar-refractivity contribution in [3.05, 3.63) is 82.0 Å². The first-order valence-electron chi connectivity index (χ1n) is 12.1. The van der Waals surface area contributed by atoms with Crippen LogP contribution < -0.4 is 10.3 Å². The lowest BCUT2D eigenvalue weighted by atomic mass is 9.97. The Morgan fingerprint density at radius 2 is 2.14 bits per heavy atom. The molecule has 0 bridgehead atoms. The zero-order valence-electron chi connectivity index (χ0n) is 21.1. The molecule has 1 amide bonds. The third-order valence-corrected chi connectivity index (χ3v) is 6.39. The Hall–Kier alpha value is -3.61. The van der Waals surface area contributed by atoms with E-state index in [0.29, 0.717) is 43.2 Å². The number of methoxy groups -OCH3 is 1. The molecule has 1 aromatic heterocycles. The van der Waals surface area contributed by atoms with Gasteiger partial charge in [0.25, 0.3) is 11.5 Å². The van der Waals surface area contributed by atoms with E-state index in [-0.39, 0.29) is 11.5 Å². The van der Waals surface area contributed by atoms with Crippen LogP contribution in [0.25, 0.3) is 5.69 Å². The number of nitrogens with zero attached hydrogens (tertiary/aromatic N) is 3. The number of aromatic nitrogens is 2. The van der Waals surface area contributed by atoms with Crippen LogP contribution in [0.15, 0.2) is 59.4 Å². The highest BCUT2D eigenvalue weighted by molar-refractivity contribution is 5.96. The Morgan fingerprint density at radius 1 is 1.37 bits per heavy atom. The number of hydrogen-bond acceptors (Lipinski definition) is 5. The Bertz CT molecular complexity index is 1210. The van der Waals surface area contributed by atoms with Gasteiger partial charge in [-0.3, -0.25) is 14.2 Å². The zero-order valence-corrected chi connectivity index (χ0v) is 21.1. The van der Waals surface area contributed by atoms with Crippen molar-refractivity contribution in [1.29, 1.82) is 0 Å². The predicted octanol–water partition coefficient (Wildman–Crippen LogP) is 4.75. The molecule has 1 aliphatic rings. The highest BCUT2D eigenvalue weighted by Crippen LogP contribution is 2.30. The average molecular weight is 478 g/mol. The van der Waals surface area contributed by atoms with Crippen molar-refractivity contribution in [2.45, 2.75) is 46.5 Å². The maximum absolute atomic E-state index is 13.8. The monoisotopic (exact) mass is 477 g/mol. The minimum Gasteiger partial charge on any atom is -0.495 e. The van der Waals surface area contributed by atoms with E-state index in [4.69, 9.17) is 4.74 Å². The van der Waals surface area contributed by atoms with Crippen LogP contribution in [-0.2, 0) is 6.42 Å². The van der Waals surface area contributed by atoms with Gasteiger partial charge in [-0.2, -0.15) is 4.98 Å². The molecular weight excluding hydrogens is 442 g/mol. The summed E-state index contributed by atoms with van der Waals surface area (Å²) in [5, 5.41) is 10.8. The van der Waals surface area contributed by atoms with Gasteiger partial charge in [-0.25, -0.2) is 0 Å². The van der Waals surface area contributed by atoms with Crippen LogP contribution >= 0.6 is 0 Å². The third kappa shape index (κ3) is 5.39.